The predicted octanol–water partition coefficient (Wildman–Crippen LogP) is 5.79. The Bertz CT molecular complexity index is 1250. The van der Waals surface area contributed by atoms with Gasteiger partial charge in [-0.15, -0.1) is 0 Å². The van der Waals surface area contributed by atoms with Crippen LogP contribution < -0.4 is 5.32 Å². The molecule has 35 heavy (non-hydrogen) atoms. The Balaban J connectivity index is 1.66. The molecule has 0 spiro atoms. The quantitative estimate of drug-likeness (QED) is 0.214. The molecule has 7 heteroatoms. The molecule has 4 rings (SSSR count). The van der Waals surface area contributed by atoms with Crippen LogP contribution in [0.25, 0.3) is 11.6 Å². The van der Waals surface area contributed by atoms with Gasteiger partial charge in [-0.25, -0.2) is 0 Å². The van der Waals surface area contributed by atoms with Crippen LogP contribution >= 0.6 is 0 Å². The Morgan fingerprint density at radius 1 is 0.857 bits per heavy atom. The van der Waals surface area contributed by atoms with Crippen molar-refractivity contribution in [2.24, 2.45) is 0 Å². The molecule has 2 amide bonds. The normalized spacial score (nSPS) is 14.2. The number of nitrogens with zero attached hydrogens (tertiary/aromatic N) is 2. The van der Waals surface area contributed by atoms with Crippen molar-refractivity contribution in [1.29, 1.82) is 0 Å². The molecular formula is C28H27N3O4. The van der Waals surface area contributed by atoms with E-state index in [4.69, 9.17) is 0 Å². The van der Waals surface area contributed by atoms with E-state index >= 15 is 0 Å². The number of rotatable bonds is 6. The SMILES string of the molecule is O=C(Nc1ccccc1C(=O)N1CCCCCC1)/C(=C/c1cccc([N+](=O)[O-])c1)c1ccccc1. The van der Waals surface area contributed by atoms with Gasteiger partial charge >= 0.3 is 0 Å². The Kier molecular flexibility index (Phi) is 7.67. The van der Waals surface area contributed by atoms with Gasteiger partial charge in [-0.05, 0) is 42.2 Å². The lowest BCUT2D eigenvalue weighted by Gasteiger charge is -2.22. The largest absolute Gasteiger partial charge is 0.339 e. The van der Waals surface area contributed by atoms with Crippen LogP contribution in [0, 0.1) is 10.1 Å². The smallest absolute Gasteiger partial charge is 0.270 e. The summed E-state index contributed by atoms with van der Waals surface area (Å²) in [7, 11) is 0. The number of benzene rings is 3. The number of amides is 2. The van der Waals surface area contributed by atoms with Crippen molar-refractivity contribution in [3.63, 3.8) is 0 Å². The van der Waals surface area contributed by atoms with Crippen LogP contribution in [0.4, 0.5) is 11.4 Å². The average Bonchev–Trinajstić information content (AvgIpc) is 3.17. The van der Waals surface area contributed by atoms with Crippen molar-refractivity contribution >= 4 is 34.8 Å². The summed E-state index contributed by atoms with van der Waals surface area (Å²) in [6.07, 6.45) is 5.81. The first-order valence-corrected chi connectivity index (χ1v) is 11.7. The van der Waals surface area contributed by atoms with Gasteiger partial charge in [-0.2, -0.15) is 0 Å². The molecule has 1 aliphatic heterocycles. The van der Waals surface area contributed by atoms with Crippen molar-refractivity contribution in [3.05, 3.63) is 106 Å². The Hall–Kier alpha value is -4.26. The lowest BCUT2D eigenvalue weighted by atomic mass is 10.0. The molecule has 0 aromatic heterocycles. The molecule has 0 unspecified atom stereocenters. The monoisotopic (exact) mass is 469 g/mol. The van der Waals surface area contributed by atoms with Crippen LogP contribution in [0.1, 0.15) is 47.2 Å². The number of nitro benzene ring substituents is 1. The number of anilines is 1. The highest BCUT2D eigenvalue weighted by Gasteiger charge is 2.22. The highest BCUT2D eigenvalue weighted by atomic mass is 16.6. The molecule has 1 heterocycles. The van der Waals surface area contributed by atoms with Crippen molar-refractivity contribution in [2.75, 3.05) is 18.4 Å². The lowest BCUT2D eigenvalue weighted by Crippen LogP contribution is -2.32. The fraction of sp³-hybridized carbons (Fsp3) is 0.214. The van der Waals surface area contributed by atoms with Crippen LogP contribution in [0.15, 0.2) is 78.9 Å². The fourth-order valence-electron chi connectivity index (χ4n) is 4.20. The Morgan fingerprint density at radius 2 is 1.54 bits per heavy atom. The van der Waals surface area contributed by atoms with Crippen molar-refractivity contribution < 1.29 is 14.5 Å². The average molecular weight is 470 g/mol. The van der Waals surface area contributed by atoms with Crippen LogP contribution in [-0.4, -0.2) is 34.7 Å². The second-order valence-corrected chi connectivity index (χ2v) is 8.48. The first kappa shape index (κ1) is 23.9. The van der Waals surface area contributed by atoms with E-state index in [1.807, 2.05) is 23.1 Å². The zero-order chi connectivity index (χ0) is 24.6. The summed E-state index contributed by atoms with van der Waals surface area (Å²) in [5, 5.41) is 14.1. The number of carbonyl (C=O) groups excluding carboxylic acids is 2. The van der Waals surface area contributed by atoms with Gasteiger partial charge in [-0.3, -0.25) is 19.7 Å². The molecule has 1 N–H and O–H groups in total. The maximum absolute atomic E-state index is 13.5. The third kappa shape index (κ3) is 6.00. The minimum absolute atomic E-state index is 0.0556. The Labute approximate surface area is 204 Å². The summed E-state index contributed by atoms with van der Waals surface area (Å²) >= 11 is 0. The molecule has 0 aliphatic carbocycles. The standard InChI is InChI=1S/C28H27N3O4/c32-27(29-26-16-7-6-15-24(26)28(33)30-17-8-1-2-9-18-30)25(22-12-4-3-5-13-22)20-21-11-10-14-23(19-21)31(34)35/h3-7,10-16,19-20H,1-2,8-9,17-18H2,(H,29,32)/b25-20+. The van der Waals surface area contributed by atoms with E-state index in [1.54, 1.807) is 54.6 Å². The molecule has 1 aliphatic rings. The minimum atomic E-state index is -0.468. The van der Waals surface area contributed by atoms with Gasteiger partial charge in [0.15, 0.2) is 0 Å². The fourth-order valence-corrected chi connectivity index (χ4v) is 4.20. The number of para-hydroxylation sites is 1. The third-order valence-corrected chi connectivity index (χ3v) is 6.02. The number of nitrogens with one attached hydrogen (secondary N) is 1. The topological polar surface area (TPSA) is 92.6 Å². The van der Waals surface area contributed by atoms with E-state index in [2.05, 4.69) is 5.32 Å². The number of non-ortho nitro benzene ring substituents is 1. The molecule has 1 saturated heterocycles. The van der Waals surface area contributed by atoms with E-state index in [0.29, 0.717) is 41.0 Å². The number of likely N-dealkylation sites (tertiary alicyclic amines) is 1. The van der Waals surface area contributed by atoms with Crippen molar-refractivity contribution in [1.82, 2.24) is 4.90 Å². The maximum Gasteiger partial charge on any atom is 0.270 e. The van der Waals surface area contributed by atoms with Gasteiger partial charge < -0.3 is 10.2 Å². The van der Waals surface area contributed by atoms with E-state index in [-0.39, 0.29) is 11.6 Å². The van der Waals surface area contributed by atoms with Crippen LogP contribution in [0.5, 0.6) is 0 Å². The third-order valence-electron chi connectivity index (χ3n) is 6.02. The summed E-state index contributed by atoms with van der Waals surface area (Å²) < 4.78 is 0. The molecule has 3 aromatic rings. The summed E-state index contributed by atoms with van der Waals surface area (Å²) in [4.78, 5) is 39.4. The number of hydrogen-bond donors (Lipinski definition) is 1. The summed E-state index contributed by atoms with van der Waals surface area (Å²) in [6, 6.07) is 22.2. The summed E-state index contributed by atoms with van der Waals surface area (Å²) in [6.45, 7) is 1.42. The van der Waals surface area contributed by atoms with Crippen molar-refractivity contribution in [2.45, 2.75) is 25.7 Å². The molecule has 178 valence electrons. The van der Waals surface area contributed by atoms with Gasteiger partial charge in [0.2, 0.25) is 0 Å². The molecule has 1 fully saturated rings. The van der Waals surface area contributed by atoms with Crippen LogP contribution in [0.2, 0.25) is 0 Å². The molecule has 0 saturated carbocycles. The molecule has 0 radical (unpaired) electrons. The van der Waals surface area contributed by atoms with Gasteiger partial charge in [0, 0.05) is 30.8 Å². The highest BCUT2D eigenvalue weighted by Crippen LogP contribution is 2.25. The molecule has 7 nitrogen and oxygen atoms in total. The number of nitro groups is 1. The van der Waals surface area contributed by atoms with E-state index in [9.17, 15) is 19.7 Å². The molecule has 0 atom stereocenters. The minimum Gasteiger partial charge on any atom is -0.339 e. The van der Waals surface area contributed by atoms with Gasteiger partial charge in [0.25, 0.3) is 17.5 Å². The zero-order valence-corrected chi connectivity index (χ0v) is 19.4. The van der Waals surface area contributed by atoms with Crippen LogP contribution in [-0.2, 0) is 4.79 Å². The van der Waals surface area contributed by atoms with Gasteiger partial charge in [-0.1, -0.05) is 67.4 Å². The van der Waals surface area contributed by atoms with Gasteiger partial charge in [0.05, 0.1) is 16.2 Å². The Morgan fingerprint density at radius 3 is 2.26 bits per heavy atom. The molecular weight excluding hydrogens is 442 g/mol. The first-order valence-electron chi connectivity index (χ1n) is 11.7. The lowest BCUT2D eigenvalue weighted by molar-refractivity contribution is -0.384. The van der Waals surface area contributed by atoms with E-state index in [0.717, 1.165) is 25.7 Å². The van der Waals surface area contributed by atoms with E-state index < -0.39 is 10.8 Å². The number of carbonyl (C=O) groups is 2. The van der Waals surface area contributed by atoms with Crippen LogP contribution in [0.3, 0.4) is 0 Å². The zero-order valence-electron chi connectivity index (χ0n) is 19.4. The second kappa shape index (κ2) is 11.2. The highest BCUT2D eigenvalue weighted by molar-refractivity contribution is 6.29. The predicted molar refractivity (Wildman–Crippen MR) is 137 cm³/mol. The maximum atomic E-state index is 13.5. The van der Waals surface area contributed by atoms with Gasteiger partial charge in [0.1, 0.15) is 0 Å². The molecule has 3 aromatic carbocycles. The number of hydrogen-bond acceptors (Lipinski definition) is 4. The first-order chi connectivity index (χ1) is 17.0. The summed E-state index contributed by atoms with van der Waals surface area (Å²) in [5.41, 5.74) is 2.36. The summed E-state index contributed by atoms with van der Waals surface area (Å²) in [5.74, 6) is -0.495. The van der Waals surface area contributed by atoms with Crippen molar-refractivity contribution in [3.8, 4) is 0 Å². The van der Waals surface area contributed by atoms with E-state index in [1.165, 1.54) is 12.1 Å². The molecule has 0 bridgehead atoms. The second-order valence-electron chi connectivity index (χ2n) is 8.48.